The molecule has 11 rings (SSSR count). The Hall–Kier alpha value is -3.51. The molecule has 9 unspecified atom stereocenters. The summed E-state index contributed by atoms with van der Waals surface area (Å²) in [5.41, 5.74) is 3.82. The fourth-order valence-electron chi connectivity index (χ4n) is 16.2. The molecule has 9 atom stereocenters. The number of halogens is 2. The highest BCUT2D eigenvalue weighted by Gasteiger charge is 2.50. The Bertz CT molecular complexity index is 2410. The van der Waals surface area contributed by atoms with Crippen LogP contribution < -0.4 is 0 Å². The van der Waals surface area contributed by atoms with Crippen LogP contribution in [0.15, 0.2) is 78.9 Å². The Balaban J connectivity index is 0.000000158. The van der Waals surface area contributed by atoms with E-state index in [0.29, 0.717) is 71.0 Å². The molecule has 3 amide bonds. The summed E-state index contributed by atoms with van der Waals surface area (Å²) < 4.78 is 6.26. The van der Waals surface area contributed by atoms with Gasteiger partial charge in [-0.15, -0.1) is 0 Å². The maximum Gasteiger partial charge on any atom is 0.227 e. The SMILES string of the molecule is CCC.CCC1CCC2(CCC(N(C)C(=O)Cc3ccccc3)C(N3CCCC3)C2)C1.CCN(C(=O)Cc1ccccc1)C1CCC2(CCCO2)CC1N1CCCC1.CN(C(=O)Cc1ccc(Cl)c(Cl)c1)C1CCCCC1N1CCCC1. The number of hydrogen-bond donors (Lipinski definition) is 0. The van der Waals surface area contributed by atoms with Gasteiger partial charge in [0.2, 0.25) is 17.7 Å². The number of ether oxygens (including phenoxy) is 1. The zero-order valence-electron chi connectivity index (χ0n) is 51.7. The van der Waals surface area contributed by atoms with Gasteiger partial charge in [-0.2, -0.15) is 0 Å². The van der Waals surface area contributed by atoms with Gasteiger partial charge in [0.05, 0.1) is 34.9 Å². The van der Waals surface area contributed by atoms with Crippen molar-refractivity contribution in [1.82, 2.24) is 29.4 Å². The van der Waals surface area contributed by atoms with E-state index in [1.165, 1.54) is 161 Å². The number of amides is 3. The molecule has 0 N–H and O–H groups in total. The van der Waals surface area contributed by atoms with Crippen LogP contribution in [-0.4, -0.2) is 155 Å². The molecule has 2 spiro atoms. The first-order chi connectivity index (χ1) is 39.8. The van der Waals surface area contributed by atoms with Crippen molar-refractivity contribution in [2.24, 2.45) is 11.3 Å². The minimum atomic E-state index is 0.0889. The average molecular weight is 1170 g/mol. The zero-order chi connectivity index (χ0) is 58.1. The maximum atomic E-state index is 13.2. The fraction of sp³-hybridized carbons (Fsp3) is 0.700. The molecule has 4 aliphatic carbocycles. The largest absolute Gasteiger partial charge is 0.375 e. The molecular formula is C70H106Cl2N6O4. The number of rotatable bonds is 14. The van der Waals surface area contributed by atoms with E-state index < -0.39 is 0 Å². The first-order valence-electron chi connectivity index (χ1n) is 33.0. The predicted molar refractivity (Wildman–Crippen MR) is 339 cm³/mol. The third-order valence-corrected chi connectivity index (χ3v) is 21.4. The molecule has 0 bridgehead atoms. The van der Waals surface area contributed by atoms with Crippen molar-refractivity contribution in [1.29, 1.82) is 0 Å². The Labute approximate surface area is 506 Å². The number of likely N-dealkylation sites (N-methyl/N-ethyl adjacent to an activating group) is 3. The van der Waals surface area contributed by atoms with Gasteiger partial charge in [0.25, 0.3) is 0 Å². The van der Waals surface area contributed by atoms with Crippen LogP contribution in [-0.2, 0) is 38.4 Å². The standard InChI is InChI=1S/C25H38N2O.C23H34N2O2.C19H26Cl2N2O.C3H8/c1-3-20-11-13-25(18-20)14-12-22(23(19-25)27-15-7-8-16-27)26(2)24(28)17-21-9-5-4-6-10-21;1-2-25(22(26)17-19-9-4-3-5-10-19)20-11-13-23(12-8-16-27-23)18-21(20)24-14-6-7-15-24;1-22(19(24)13-14-8-9-15(20)16(21)12-14)17-6-2-3-7-18(17)23-10-4-5-11-23;1-3-2/h4-6,9-10,20,22-23H,3,7-8,11-19H2,1-2H3;3-5,9-10,20-21H,2,6-8,11-18H2,1H3;8-9,12,17-18H,2-7,10-11,13H2,1H3;3H2,1-2H3. The molecule has 12 heteroatoms. The number of nitrogens with zero attached hydrogens (tertiary/aromatic N) is 6. The highest BCUT2D eigenvalue weighted by Crippen LogP contribution is 2.54. The van der Waals surface area contributed by atoms with Crippen molar-refractivity contribution in [2.75, 3.05) is 66.5 Å². The van der Waals surface area contributed by atoms with Crippen molar-refractivity contribution in [3.05, 3.63) is 106 Å². The van der Waals surface area contributed by atoms with Gasteiger partial charge >= 0.3 is 0 Å². The predicted octanol–water partition coefficient (Wildman–Crippen LogP) is 14.4. The maximum absolute atomic E-state index is 13.2. The molecule has 4 aliphatic heterocycles. The van der Waals surface area contributed by atoms with E-state index in [-0.39, 0.29) is 23.3 Å². The van der Waals surface area contributed by atoms with Gasteiger partial charge in [0, 0.05) is 63.5 Å². The van der Waals surface area contributed by atoms with E-state index in [9.17, 15) is 14.4 Å². The first-order valence-corrected chi connectivity index (χ1v) is 33.7. The molecule has 4 saturated heterocycles. The van der Waals surface area contributed by atoms with Crippen molar-refractivity contribution in [2.45, 2.75) is 236 Å². The monoisotopic (exact) mass is 1160 g/mol. The van der Waals surface area contributed by atoms with Crippen LogP contribution in [0, 0.1) is 11.3 Å². The number of hydrogen-bond acceptors (Lipinski definition) is 7. The van der Waals surface area contributed by atoms with Crippen LogP contribution in [0.25, 0.3) is 0 Å². The third kappa shape index (κ3) is 17.1. The van der Waals surface area contributed by atoms with Gasteiger partial charge in [-0.3, -0.25) is 29.1 Å². The van der Waals surface area contributed by atoms with Gasteiger partial charge in [-0.1, -0.05) is 136 Å². The molecular weight excluding hydrogens is 1060 g/mol. The van der Waals surface area contributed by atoms with Gasteiger partial charge in [-0.05, 0) is 208 Å². The summed E-state index contributed by atoms with van der Waals surface area (Å²) in [6, 6.07) is 28.5. The van der Waals surface area contributed by atoms with Crippen LogP contribution >= 0.6 is 23.2 Å². The molecule has 8 fully saturated rings. The van der Waals surface area contributed by atoms with E-state index in [4.69, 9.17) is 27.9 Å². The van der Waals surface area contributed by atoms with E-state index in [2.05, 4.69) is 83.5 Å². The number of carbonyl (C=O) groups is 3. The molecule has 454 valence electrons. The van der Waals surface area contributed by atoms with Crippen LogP contribution in [0.4, 0.5) is 0 Å². The summed E-state index contributed by atoms with van der Waals surface area (Å²) >= 11 is 12.0. The summed E-state index contributed by atoms with van der Waals surface area (Å²) in [5, 5.41) is 1.04. The lowest BCUT2D eigenvalue weighted by atomic mass is 9.68. The molecule has 3 aromatic carbocycles. The van der Waals surface area contributed by atoms with Crippen LogP contribution in [0.2, 0.25) is 10.0 Å². The van der Waals surface area contributed by atoms with Crippen LogP contribution in [0.1, 0.15) is 192 Å². The lowest BCUT2D eigenvalue weighted by Gasteiger charge is -2.49. The van der Waals surface area contributed by atoms with Gasteiger partial charge < -0.3 is 19.4 Å². The second-order valence-corrected chi connectivity index (χ2v) is 27.0. The van der Waals surface area contributed by atoms with Gasteiger partial charge in [0.15, 0.2) is 0 Å². The second kappa shape index (κ2) is 31.8. The third-order valence-electron chi connectivity index (χ3n) is 20.6. The number of benzene rings is 3. The average Bonchev–Trinajstić information content (AvgIpc) is 4.21. The quantitative estimate of drug-likeness (QED) is 0.159. The highest BCUT2D eigenvalue weighted by molar-refractivity contribution is 6.42. The Kier molecular flexibility index (Phi) is 25.0. The Morgan fingerprint density at radius 3 is 1.54 bits per heavy atom. The van der Waals surface area contributed by atoms with E-state index in [1.807, 2.05) is 54.4 Å². The summed E-state index contributed by atoms with van der Waals surface area (Å²) in [6.45, 7) is 17.7. The molecule has 4 heterocycles. The highest BCUT2D eigenvalue weighted by atomic mass is 35.5. The minimum Gasteiger partial charge on any atom is -0.375 e. The van der Waals surface area contributed by atoms with Gasteiger partial charge in [-0.25, -0.2) is 0 Å². The van der Waals surface area contributed by atoms with Gasteiger partial charge in [0.1, 0.15) is 0 Å². The minimum absolute atomic E-state index is 0.0889. The molecule has 3 aromatic rings. The lowest BCUT2D eigenvalue weighted by Crippen LogP contribution is -2.59. The summed E-state index contributed by atoms with van der Waals surface area (Å²) in [5.74, 6) is 1.67. The smallest absolute Gasteiger partial charge is 0.227 e. The van der Waals surface area contributed by atoms with Crippen molar-refractivity contribution >= 4 is 40.9 Å². The first kappa shape index (κ1) is 64.5. The lowest BCUT2D eigenvalue weighted by molar-refractivity contribution is -0.138. The molecule has 0 radical (unpaired) electrons. The normalized spacial score (nSPS) is 29.3. The zero-order valence-corrected chi connectivity index (χ0v) is 53.2. The Morgan fingerprint density at radius 1 is 0.512 bits per heavy atom. The summed E-state index contributed by atoms with van der Waals surface area (Å²) in [6.07, 6.45) is 30.5. The van der Waals surface area contributed by atoms with E-state index in [1.54, 1.807) is 12.1 Å². The van der Waals surface area contributed by atoms with Crippen molar-refractivity contribution in [3.8, 4) is 0 Å². The van der Waals surface area contributed by atoms with Crippen LogP contribution in [0.3, 0.4) is 0 Å². The summed E-state index contributed by atoms with van der Waals surface area (Å²) in [7, 11) is 4.04. The molecule has 10 nitrogen and oxygen atoms in total. The van der Waals surface area contributed by atoms with E-state index >= 15 is 0 Å². The topological polar surface area (TPSA) is 79.9 Å². The Morgan fingerprint density at radius 2 is 1.01 bits per heavy atom. The second-order valence-electron chi connectivity index (χ2n) is 26.2. The number of carbonyl (C=O) groups excluding carboxylic acids is 3. The molecule has 4 saturated carbocycles. The van der Waals surface area contributed by atoms with E-state index in [0.717, 1.165) is 61.4 Å². The fourth-order valence-corrected chi connectivity index (χ4v) is 16.5. The molecule has 8 aliphatic rings. The van der Waals surface area contributed by atoms with Crippen LogP contribution in [0.5, 0.6) is 0 Å². The number of likely N-dealkylation sites (tertiary alicyclic amines) is 3. The van der Waals surface area contributed by atoms with Crippen molar-refractivity contribution < 1.29 is 19.1 Å². The van der Waals surface area contributed by atoms with Crippen molar-refractivity contribution in [3.63, 3.8) is 0 Å². The molecule has 0 aromatic heterocycles. The summed E-state index contributed by atoms with van der Waals surface area (Å²) in [4.78, 5) is 53.4. The molecule has 82 heavy (non-hydrogen) atoms.